The molecule has 9 heteroatoms. The molecule has 2 aromatic carbocycles. The van der Waals surface area contributed by atoms with Crippen LogP contribution in [0.5, 0.6) is 0 Å². The molecule has 2 saturated heterocycles. The fraction of sp³-hybridized carbons (Fsp3) is 0.429. The summed E-state index contributed by atoms with van der Waals surface area (Å²) in [5, 5.41) is 4.38. The maximum Gasteiger partial charge on any atom is 0.227 e. The van der Waals surface area contributed by atoms with Crippen molar-refractivity contribution in [3.8, 4) is 11.1 Å². The van der Waals surface area contributed by atoms with Crippen LogP contribution in [0.15, 0.2) is 42.6 Å². The lowest BCUT2D eigenvalue weighted by Gasteiger charge is -2.41. The number of hydrogen-bond acceptors (Lipinski definition) is 5. The molecule has 196 valence electrons. The van der Waals surface area contributed by atoms with Gasteiger partial charge in [-0.25, -0.2) is 13.8 Å². The van der Waals surface area contributed by atoms with Crippen molar-refractivity contribution in [3.05, 3.63) is 69.8 Å². The van der Waals surface area contributed by atoms with Crippen molar-refractivity contribution in [2.45, 2.75) is 45.2 Å². The molecule has 1 N–H and O–H groups in total. The summed E-state index contributed by atoms with van der Waals surface area (Å²) >= 11 is 12.4. The van der Waals surface area contributed by atoms with Crippen molar-refractivity contribution in [1.29, 1.82) is 0 Å². The number of rotatable bonds is 6. The Balaban J connectivity index is 1.37. The molecule has 0 bridgehead atoms. The van der Waals surface area contributed by atoms with E-state index in [0.717, 1.165) is 43.5 Å². The Labute approximate surface area is 226 Å². The number of hydrogen-bond donors (Lipinski definition) is 1. The highest BCUT2D eigenvalue weighted by Crippen LogP contribution is 2.32. The summed E-state index contributed by atoms with van der Waals surface area (Å²) in [6.07, 6.45) is 6.34. The SMILES string of the molecule is CC1CCCN(C2CCN(c3ncc(-c4ccc(F)cc4F)c(NCc4ccc(Cl)cc4Cl)n3)CC2)C1. The molecule has 3 heterocycles. The highest BCUT2D eigenvalue weighted by molar-refractivity contribution is 6.35. The normalized spacial score (nSPS) is 19.3. The van der Waals surface area contributed by atoms with E-state index in [1.165, 1.54) is 38.1 Å². The molecule has 1 atom stereocenters. The van der Waals surface area contributed by atoms with Gasteiger partial charge in [-0.05, 0) is 68.0 Å². The first-order valence-electron chi connectivity index (χ1n) is 12.9. The molecular weight excluding hydrogens is 515 g/mol. The molecule has 0 spiro atoms. The summed E-state index contributed by atoms with van der Waals surface area (Å²) in [5.41, 5.74) is 1.52. The monoisotopic (exact) mass is 545 g/mol. The largest absolute Gasteiger partial charge is 0.365 e. The predicted molar refractivity (Wildman–Crippen MR) is 146 cm³/mol. The van der Waals surface area contributed by atoms with E-state index in [1.807, 2.05) is 6.07 Å². The molecule has 5 rings (SSSR count). The quantitative estimate of drug-likeness (QED) is 0.359. The highest BCUT2D eigenvalue weighted by atomic mass is 35.5. The smallest absolute Gasteiger partial charge is 0.227 e. The van der Waals surface area contributed by atoms with Gasteiger partial charge < -0.3 is 10.2 Å². The Bertz CT molecular complexity index is 1250. The van der Waals surface area contributed by atoms with E-state index < -0.39 is 11.6 Å². The number of aromatic nitrogens is 2. The zero-order valence-electron chi connectivity index (χ0n) is 20.9. The van der Waals surface area contributed by atoms with Gasteiger partial charge in [0.05, 0.1) is 0 Å². The summed E-state index contributed by atoms with van der Waals surface area (Å²) in [4.78, 5) is 14.2. The maximum atomic E-state index is 14.7. The highest BCUT2D eigenvalue weighted by Gasteiger charge is 2.29. The number of likely N-dealkylation sites (tertiary alicyclic amines) is 1. The van der Waals surface area contributed by atoms with E-state index in [4.69, 9.17) is 28.2 Å². The fourth-order valence-electron chi connectivity index (χ4n) is 5.40. The van der Waals surface area contributed by atoms with Crippen molar-refractivity contribution >= 4 is 35.0 Å². The molecule has 0 radical (unpaired) electrons. The fourth-order valence-corrected chi connectivity index (χ4v) is 5.87. The summed E-state index contributed by atoms with van der Waals surface area (Å²) in [7, 11) is 0. The van der Waals surface area contributed by atoms with Gasteiger partial charge in [0.1, 0.15) is 17.5 Å². The summed E-state index contributed by atoms with van der Waals surface area (Å²) in [5.74, 6) is 0.528. The zero-order chi connectivity index (χ0) is 25.9. The zero-order valence-corrected chi connectivity index (χ0v) is 22.4. The summed E-state index contributed by atoms with van der Waals surface area (Å²) < 4.78 is 28.3. The van der Waals surface area contributed by atoms with Crippen LogP contribution in [0.3, 0.4) is 0 Å². The van der Waals surface area contributed by atoms with E-state index in [-0.39, 0.29) is 5.56 Å². The first-order chi connectivity index (χ1) is 17.9. The topological polar surface area (TPSA) is 44.3 Å². The van der Waals surface area contributed by atoms with Crippen molar-refractivity contribution < 1.29 is 8.78 Å². The molecule has 2 aliphatic heterocycles. The molecule has 5 nitrogen and oxygen atoms in total. The van der Waals surface area contributed by atoms with Crippen LogP contribution in [0.1, 0.15) is 38.2 Å². The minimum atomic E-state index is -0.666. The molecule has 37 heavy (non-hydrogen) atoms. The Morgan fingerprint density at radius 3 is 2.54 bits per heavy atom. The van der Waals surface area contributed by atoms with E-state index in [9.17, 15) is 8.78 Å². The summed E-state index contributed by atoms with van der Waals surface area (Å²) in [6.45, 7) is 6.79. The van der Waals surface area contributed by atoms with Crippen LogP contribution in [0, 0.1) is 17.6 Å². The second-order valence-electron chi connectivity index (χ2n) is 10.1. The van der Waals surface area contributed by atoms with Gasteiger partial charge in [-0.1, -0.05) is 36.2 Å². The van der Waals surface area contributed by atoms with Crippen LogP contribution in [0.4, 0.5) is 20.5 Å². The average molecular weight is 546 g/mol. The molecule has 0 saturated carbocycles. The Morgan fingerprint density at radius 1 is 1.00 bits per heavy atom. The van der Waals surface area contributed by atoms with Gasteiger partial charge in [-0.15, -0.1) is 0 Å². The van der Waals surface area contributed by atoms with Crippen molar-refractivity contribution in [2.24, 2.45) is 5.92 Å². The average Bonchev–Trinajstić information content (AvgIpc) is 2.88. The third-order valence-corrected chi connectivity index (χ3v) is 8.00. The van der Waals surface area contributed by atoms with Crippen LogP contribution < -0.4 is 10.2 Å². The van der Waals surface area contributed by atoms with Crippen molar-refractivity contribution in [1.82, 2.24) is 14.9 Å². The maximum absolute atomic E-state index is 14.7. The van der Waals surface area contributed by atoms with E-state index >= 15 is 0 Å². The number of benzene rings is 2. The van der Waals surface area contributed by atoms with Crippen LogP contribution in [0.25, 0.3) is 11.1 Å². The number of nitrogens with zero attached hydrogens (tertiary/aromatic N) is 4. The van der Waals surface area contributed by atoms with Gasteiger partial charge in [-0.3, -0.25) is 4.90 Å². The predicted octanol–water partition coefficient (Wildman–Crippen LogP) is 7.04. The second kappa shape index (κ2) is 11.5. The van der Waals surface area contributed by atoms with Gasteiger partial charge in [0.2, 0.25) is 5.95 Å². The molecule has 2 aliphatic rings. The first-order valence-corrected chi connectivity index (χ1v) is 13.6. The Kier molecular flexibility index (Phi) is 8.12. The minimum absolute atomic E-state index is 0.232. The van der Waals surface area contributed by atoms with Crippen molar-refractivity contribution in [2.75, 3.05) is 36.4 Å². The van der Waals surface area contributed by atoms with Gasteiger partial charge in [-0.2, -0.15) is 4.98 Å². The standard InChI is InChI=1S/C28H31Cl2F2N5/c1-18-3-2-10-37(17-18)22-8-11-36(12-9-22)28-34-16-24(23-7-6-21(31)14-26(23)32)27(35-28)33-15-19-4-5-20(29)13-25(19)30/h4-7,13-14,16,18,22H,2-3,8-12,15,17H2,1H3,(H,33,34,35). The third-order valence-electron chi connectivity index (χ3n) is 7.41. The molecule has 0 aliphatic carbocycles. The number of halogens is 4. The van der Waals surface area contributed by atoms with E-state index in [0.29, 0.717) is 40.0 Å². The molecular formula is C28H31Cl2F2N5. The van der Waals surface area contributed by atoms with Crippen LogP contribution in [0.2, 0.25) is 10.0 Å². The van der Waals surface area contributed by atoms with Gasteiger partial charge >= 0.3 is 0 Å². The lowest BCUT2D eigenvalue weighted by molar-refractivity contribution is 0.112. The van der Waals surface area contributed by atoms with Crippen LogP contribution in [-0.4, -0.2) is 47.1 Å². The third kappa shape index (κ3) is 6.16. The van der Waals surface area contributed by atoms with E-state index in [1.54, 1.807) is 18.3 Å². The van der Waals surface area contributed by atoms with Crippen molar-refractivity contribution in [3.63, 3.8) is 0 Å². The lowest BCUT2D eigenvalue weighted by Crippen LogP contribution is -2.48. The van der Waals surface area contributed by atoms with Gasteiger partial charge in [0.15, 0.2) is 0 Å². The molecule has 2 fully saturated rings. The molecule has 1 unspecified atom stereocenters. The first kappa shape index (κ1) is 26.1. The number of piperidine rings is 2. The van der Waals surface area contributed by atoms with Crippen LogP contribution in [-0.2, 0) is 6.54 Å². The van der Waals surface area contributed by atoms with Crippen LogP contribution >= 0.6 is 23.2 Å². The Morgan fingerprint density at radius 2 is 1.81 bits per heavy atom. The van der Waals surface area contributed by atoms with Gasteiger partial charge in [0, 0.05) is 65.7 Å². The van der Waals surface area contributed by atoms with E-state index in [2.05, 4.69) is 27.0 Å². The van der Waals surface area contributed by atoms with Gasteiger partial charge in [0.25, 0.3) is 0 Å². The lowest BCUT2D eigenvalue weighted by atomic mass is 9.95. The molecule has 3 aromatic rings. The number of anilines is 2. The molecule has 0 amide bonds. The molecule has 1 aromatic heterocycles. The second-order valence-corrected chi connectivity index (χ2v) is 10.9. The number of nitrogens with one attached hydrogen (secondary N) is 1. The minimum Gasteiger partial charge on any atom is -0.365 e. The Hall–Kier alpha value is -2.48. The summed E-state index contributed by atoms with van der Waals surface area (Å²) in [6, 6.07) is 9.39.